The van der Waals surface area contributed by atoms with Crippen molar-refractivity contribution < 1.29 is 4.74 Å². The van der Waals surface area contributed by atoms with Gasteiger partial charge in [-0.2, -0.15) is 20.1 Å². The molecule has 162 valence electrons. The van der Waals surface area contributed by atoms with E-state index in [1.54, 1.807) is 17.6 Å². The normalized spacial score (nSPS) is 14.3. The van der Waals surface area contributed by atoms with E-state index in [2.05, 4.69) is 57.7 Å². The molecule has 0 amide bonds. The lowest BCUT2D eigenvalue weighted by atomic mass is 10.2. The molecule has 3 aromatic rings. The molecular formula is C20H21BrClN7OS. The number of morpholine rings is 1. The maximum atomic E-state index is 6.30. The van der Waals surface area contributed by atoms with Crippen LogP contribution in [0.4, 0.5) is 23.5 Å². The molecule has 0 aliphatic carbocycles. The first-order valence-electron chi connectivity index (χ1n) is 9.64. The zero-order valence-corrected chi connectivity index (χ0v) is 20.2. The van der Waals surface area contributed by atoms with E-state index in [1.807, 2.05) is 31.4 Å². The van der Waals surface area contributed by atoms with Crippen molar-refractivity contribution in [2.45, 2.75) is 13.8 Å². The fourth-order valence-electron chi connectivity index (χ4n) is 2.90. The summed E-state index contributed by atoms with van der Waals surface area (Å²) in [5, 5.41) is 10.2. The molecule has 11 heteroatoms. The first-order chi connectivity index (χ1) is 15.0. The average Bonchev–Trinajstić information content (AvgIpc) is 3.17. The van der Waals surface area contributed by atoms with Crippen molar-refractivity contribution in [3.63, 3.8) is 0 Å². The summed E-state index contributed by atoms with van der Waals surface area (Å²) in [7, 11) is 0. The van der Waals surface area contributed by atoms with E-state index in [0.717, 1.165) is 20.6 Å². The number of thiophene rings is 1. The quantitative estimate of drug-likeness (QED) is 0.348. The molecule has 1 aliphatic rings. The van der Waals surface area contributed by atoms with Gasteiger partial charge in [-0.05, 0) is 64.5 Å². The van der Waals surface area contributed by atoms with Gasteiger partial charge in [-0.1, -0.05) is 11.6 Å². The number of benzene rings is 1. The number of aryl methyl sites for hydroxylation is 2. The molecule has 2 N–H and O–H groups in total. The highest BCUT2D eigenvalue weighted by Gasteiger charge is 2.17. The third-order valence-electron chi connectivity index (χ3n) is 4.66. The summed E-state index contributed by atoms with van der Waals surface area (Å²) >= 11 is 11.5. The number of nitrogens with zero attached hydrogens (tertiary/aromatic N) is 5. The minimum Gasteiger partial charge on any atom is -0.378 e. The number of halogens is 2. The third kappa shape index (κ3) is 5.51. The van der Waals surface area contributed by atoms with Crippen molar-refractivity contribution in [2.24, 2.45) is 5.10 Å². The van der Waals surface area contributed by atoms with Gasteiger partial charge in [0.25, 0.3) is 0 Å². The van der Waals surface area contributed by atoms with Crippen LogP contribution in [0.5, 0.6) is 0 Å². The van der Waals surface area contributed by atoms with Crippen LogP contribution in [0.25, 0.3) is 0 Å². The number of aromatic nitrogens is 3. The minimum absolute atomic E-state index is 0.346. The Hall–Kier alpha value is -2.27. The molecule has 2 aromatic heterocycles. The van der Waals surface area contributed by atoms with Crippen molar-refractivity contribution in [3.05, 3.63) is 49.1 Å². The maximum absolute atomic E-state index is 6.30. The summed E-state index contributed by atoms with van der Waals surface area (Å²) in [6.07, 6.45) is 1.77. The van der Waals surface area contributed by atoms with Crippen molar-refractivity contribution in [2.75, 3.05) is 41.9 Å². The average molecular weight is 523 g/mol. The Balaban J connectivity index is 1.62. The minimum atomic E-state index is 0.346. The molecule has 0 atom stereocenters. The first-order valence-corrected chi connectivity index (χ1v) is 11.7. The molecule has 8 nitrogen and oxygen atoms in total. The Labute approximate surface area is 197 Å². The second kappa shape index (κ2) is 9.90. The molecule has 1 aromatic carbocycles. The summed E-state index contributed by atoms with van der Waals surface area (Å²) < 4.78 is 6.31. The van der Waals surface area contributed by atoms with E-state index in [-0.39, 0.29) is 0 Å². The molecule has 0 unspecified atom stereocenters. The molecule has 31 heavy (non-hydrogen) atoms. The number of rotatable bonds is 6. The summed E-state index contributed by atoms with van der Waals surface area (Å²) in [4.78, 5) is 16.8. The number of nitrogens with one attached hydrogen (secondary N) is 2. The molecule has 1 saturated heterocycles. The van der Waals surface area contributed by atoms with Crippen molar-refractivity contribution >= 4 is 68.6 Å². The van der Waals surface area contributed by atoms with Crippen LogP contribution in [0.3, 0.4) is 0 Å². The molecule has 3 heterocycles. The SMILES string of the molecule is Cc1cc(Br)c(Nc2nc(N/N=C/c3sccc3C)nc(N3CCOCC3)n2)cc1Cl. The van der Waals surface area contributed by atoms with Crippen molar-refractivity contribution in [1.29, 1.82) is 0 Å². The van der Waals surface area contributed by atoms with E-state index >= 15 is 0 Å². The van der Waals surface area contributed by atoms with Gasteiger partial charge in [0.1, 0.15) is 0 Å². The van der Waals surface area contributed by atoms with E-state index in [4.69, 9.17) is 16.3 Å². The summed E-state index contributed by atoms with van der Waals surface area (Å²) in [6, 6.07) is 5.84. The largest absolute Gasteiger partial charge is 0.378 e. The zero-order valence-electron chi connectivity index (χ0n) is 17.0. The highest BCUT2D eigenvalue weighted by molar-refractivity contribution is 9.10. The smallest absolute Gasteiger partial charge is 0.250 e. The standard InChI is InChI=1S/C20H21BrClN7OS/c1-12-3-8-31-17(12)11-23-28-19-25-18(24-16-10-15(22)13(2)9-14(16)21)26-20(27-19)29-4-6-30-7-5-29/h3,8-11H,4-7H2,1-2H3,(H2,24,25,26,27,28)/b23-11+. The fraction of sp³-hybridized carbons (Fsp3) is 0.300. The van der Waals surface area contributed by atoms with Crippen LogP contribution in [0.2, 0.25) is 5.02 Å². The van der Waals surface area contributed by atoms with Crippen molar-refractivity contribution in [1.82, 2.24) is 15.0 Å². The second-order valence-corrected chi connectivity index (χ2v) is 9.14. The monoisotopic (exact) mass is 521 g/mol. The third-order valence-corrected chi connectivity index (χ3v) is 6.68. The summed E-state index contributed by atoms with van der Waals surface area (Å²) in [5.41, 5.74) is 5.84. The van der Waals surface area contributed by atoms with Gasteiger partial charge >= 0.3 is 0 Å². The van der Waals surface area contributed by atoms with Gasteiger partial charge in [0.2, 0.25) is 17.8 Å². The van der Waals surface area contributed by atoms with E-state index in [9.17, 15) is 0 Å². The Bertz CT molecular complexity index is 1100. The van der Waals surface area contributed by atoms with Gasteiger partial charge in [-0.3, -0.25) is 0 Å². The molecular weight excluding hydrogens is 502 g/mol. The lowest BCUT2D eigenvalue weighted by Crippen LogP contribution is -2.37. The fourth-order valence-corrected chi connectivity index (χ4v) is 4.41. The predicted octanol–water partition coefficient (Wildman–Crippen LogP) is 4.99. The van der Waals surface area contributed by atoms with Gasteiger partial charge in [0.05, 0.1) is 25.1 Å². The number of anilines is 4. The van der Waals surface area contributed by atoms with Crippen LogP contribution in [0.15, 0.2) is 33.2 Å². The Morgan fingerprint density at radius 1 is 1.16 bits per heavy atom. The molecule has 0 saturated carbocycles. The molecule has 1 aliphatic heterocycles. The highest BCUT2D eigenvalue weighted by atomic mass is 79.9. The van der Waals surface area contributed by atoms with E-state index in [0.29, 0.717) is 49.2 Å². The highest BCUT2D eigenvalue weighted by Crippen LogP contribution is 2.31. The zero-order chi connectivity index (χ0) is 21.8. The molecule has 0 bridgehead atoms. The maximum Gasteiger partial charge on any atom is 0.250 e. The summed E-state index contributed by atoms with van der Waals surface area (Å²) in [6.45, 7) is 6.68. The number of ether oxygens (including phenoxy) is 1. The van der Waals surface area contributed by atoms with Gasteiger partial charge in [-0.15, -0.1) is 11.3 Å². The van der Waals surface area contributed by atoms with Crippen LogP contribution >= 0.6 is 38.9 Å². The van der Waals surface area contributed by atoms with Crippen LogP contribution < -0.4 is 15.6 Å². The lowest BCUT2D eigenvalue weighted by Gasteiger charge is -2.27. The van der Waals surface area contributed by atoms with E-state index < -0.39 is 0 Å². The number of hydrogen-bond acceptors (Lipinski definition) is 9. The first kappa shape index (κ1) is 21.9. The molecule has 0 spiro atoms. The van der Waals surface area contributed by atoms with Crippen LogP contribution in [0, 0.1) is 13.8 Å². The van der Waals surface area contributed by atoms with Gasteiger partial charge in [0.15, 0.2) is 0 Å². The van der Waals surface area contributed by atoms with Crippen LogP contribution in [0.1, 0.15) is 16.0 Å². The van der Waals surface area contributed by atoms with Crippen LogP contribution in [-0.2, 0) is 4.74 Å². The predicted molar refractivity (Wildman–Crippen MR) is 130 cm³/mol. The Morgan fingerprint density at radius 3 is 2.68 bits per heavy atom. The molecule has 1 fully saturated rings. The van der Waals surface area contributed by atoms with Gasteiger partial charge in [0, 0.05) is 27.5 Å². The number of hydrazone groups is 1. The summed E-state index contributed by atoms with van der Waals surface area (Å²) in [5.74, 6) is 1.29. The van der Waals surface area contributed by atoms with E-state index in [1.165, 1.54) is 5.56 Å². The van der Waals surface area contributed by atoms with Gasteiger partial charge in [-0.25, -0.2) is 5.43 Å². The lowest BCUT2D eigenvalue weighted by molar-refractivity contribution is 0.122. The number of hydrogen-bond donors (Lipinski definition) is 2. The topological polar surface area (TPSA) is 87.6 Å². The Kier molecular flexibility index (Phi) is 7.01. The molecule has 0 radical (unpaired) electrons. The van der Waals surface area contributed by atoms with Crippen LogP contribution in [-0.4, -0.2) is 47.5 Å². The Morgan fingerprint density at radius 2 is 1.94 bits per heavy atom. The van der Waals surface area contributed by atoms with Crippen molar-refractivity contribution in [3.8, 4) is 0 Å². The molecule has 4 rings (SSSR count). The second-order valence-electron chi connectivity index (χ2n) is 6.93. The van der Waals surface area contributed by atoms with Gasteiger partial charge < -0.3 is 15.0 Å².